The van der Waals surface area contributed by atoms with Crippen LogP contribution >= 0.6 is 0 Å². The summed E-state index contributed by atoms with van der Waals surface area (Å²) in [6, 6.07) is 9.11. The molecule has 3 aromatic heterocycles. The van der Waals surface area contributed by atoms with E-state index in [1.807, 2.05) is 12.3 Å². The van der Waals surface area contributed by atoms with Crippen LogP contribution in [-0.4, -0.2) is 64.8 Å². The second-order valence-corrected chi connectivity index (χ2v) is 11.4. The van der Waals surface area contributed by atoms with E-state index in [1.165, 1.54) is 37.0 Å². The van der Waals surface area contributed by atoms with Gasteiger partial charge in [0.05, 0.1) is 0 Å². The van der Waals surface area contributed by atoms with Crippen molar-refractivity contribution in [2.24, 2.45) is 0 Å². The van der Waals surface area contributed by atoms with Crippen LogP contribution in [0.1, 0.15) is 44.2 Å². The molecule has 2 fully saturated rings. The molecule has 5 heterocycles. The van der Waals surface area contributed by atoms with Crippen molar-refractivity contribution in [2.75, 3.05) is 36.6 Å². The molecule has 10 nitrogen and oxygen atoms in total. The first kappa shape index (κ1) is 24.5. The van der Waals surface area contributed by atoms with Gasteiger partial charge >= 0.3 is 0 Å². The molecule has 0 radical (unpaired) electrons. The zero-order valence-corrected chi connectivity index (χ0v) is 21.3. The number of ether oxygens (including phenoxy) is 1. The maximum Gasteiger partial charge on any atom is 0.179 e. The SMILES string of the molecule is CC(c1ccc(Nc2cc(Nc3ncccc3S(C)(=O)=O)ncn2)nc1)N1CCCC12CCOCC2. The fourth-order valence-electron chi connectivity index (χ4n) is 5.29. The number of likely N-dealkylation sites (tertiary alicyclic amines) is 1. The highest BCUT2D eigenvalue weighted by Crippen LogP contribution is 2.42. The first-order chi connectivity index (χ1) is 17.3. The largest absolute Gasteiger partial charge is 0.381 e. The molecule has 2 aliphatic rings. The van der Waals surface area contributed by atoms with Gasteiger partial charge in [0.1, 0.15) is 34.5 Å². The van der Waals surface area contributed by atoms with Gasteiger partial charge < -0.3 is 15.4 Å². The van der Waals surface area contributed by atoms with Gasteiger partial charge in [-0.25, -0.2) is 28.4 Å². The molecule has 0 aromatic carbocycles. The van der Waals surface area contributed by atoms with Crippen LogP contribution < -0.4 is 10.6 Å². The van der Waals surface area contributed by atoms with Gasteiger partial charge in [-0.2, -0.15) is 0 Å². The molecule has 0 aliphatic carbocycles. The Morgan fingerprint density at radius 3 is 2.50 bits per heavy atom. The van der Waals surface area contributed by atoms with Crippen LogP contribution in [0.5, 0.6) is 0 Å². The third kappa shape index (κ3) is 5.18. The lowest BCUT2D eigenvalue weighted by Gasteiger charge is -2.44. The maximum atomic E-state index is 12.1. The minimum absolute atomic E-state index is 0.102. The Hall–Kier alpha value is -3.15. The summed E-state index contributed by atoms with van der Waals surface area (Å²) in [5.74, 6) is 1.81. The van der Waals surface area contributed by atoms with E-state index in [-0.39, 0.29) is 22.3 Å². The molecule has 1 unspecified atom stereocenters. The Bertz CT molecular complexity index is 1310. The van der Waals surface area contributed by atoms with Crippen molar-refractivity contribution in [3.8, 4) is 0 Å². The third-order valence-corrected chi connectivity index (χ3v) is 8.28. The molecule has 5 rings (SSSR count). The second kappa shape index (κ2) is 10.1. The minimum atomic E-state index is -3.44. The number of rotatable bonds is 7. The monoisotopic (exact) mass is 509 g/mol. The molecule has 0 amide bonds. The summed E-state index contributed by atoms with van der Waals surface area (Å²) in [5, 5.41) is 6.17. The molecule has 3 aromatic rings. The van der Waals surface area contributed by atoms with E-state index < -0.39 is 9.84 Å². The van der Waals surface area contributed by atoms with E-state index in [0.717, 1.165) is 38.9 Å². The fourth-order valence-corrected chi connectivity index (χ4v) is 6.07. The Morgan fingerprint density at radius 1 is 1.00 bits per heavy atom. The van der Waals surface area contributed by atoms with Gasteiger partial charge in [-0.1, -0.05) is 6.07 Å². The average molecular weight is 510 g/mol. The first-order valence-corrected chi connectivity index (χ1v) is 14.0. The van der Waals surface area contributed by atoms with Crippen LogP contribution in [0, 0.1) is 0 Å². The molecule has 11 heteroatoms. The predicted molar refractivity (Wildman–Crippen MR) is 137 cm³/mol. The number of sulfone groups is 1. The zero-order valence-electron chi connectivity index (χ0n) is 20.5. The zero-order chi connectivity index (χ0) is 25.2. The molecular formula is C25H31N7O3S. The van der Waals surface area contributed by atoms with Crippen molar-refractivity contribution >= 4 is 33.1 Å². The van der Waals surface area contributed by atoms with Crippen molar-refractivity contribution in [1.82, 2.24) is 24.8 Å². The van der Waals surface area contributed by atoms with Gasteiger partial charge in [0, 0.05) is 49.5 Å². The number of nitrogens with zero attached hydrogens (tertiary/aromatic N) is 5. The highest BCUT2D eigenvalue weighted by Gasteiger charge is 2.44. The van der Waals surface area contributed by atoms with Gasteiger partial charge in [-0.15, -0.1) is 0 Å². The lowest BCUT2D eigenvalue weighted by molar-refractivity contribution is -0.0230. The second-order valence-electron chi connectivity index (χ2n) is 9.45. The molecule has 36 heavy (non-hydrogen) atoms. The summed E-state index contributed by atoms with van der Waals surface area (Å²) in [6.45, 7) is 5.05. The fraction of sp³-hybridized carbons (Fsp3) is 0.440. The molecule has 2 saturated heterocycles. The third-order valence-electron chi connectivity index (χ3n) is 7.15. The Morgan fingerprint density at radius 2 is 1.78 bits per heavy atom. The normalized spacial score (nSPS) is 18.7. The van der Waals surface area contributed by atoms with E-state index in [1.54, 1.807) is 12.1 Å². The molecule has 2 aliphatic heterocycles. The molecular weight excluding hydrogens is 478 g/mol. The lowest BCUT2D eigenvalue weighted by atomic mass is 9.86. The standard InChI is InChI=1S/C25H31N7O3S/c1-18(32-12-4-8-25(32)9-13-35-14-10-25)19-6-7-21(27-16-19)30-22-15-23(29-17-28-22)31-24-20(36(2,33)34)5-3-11-26-24/h3,5-7,11,15-18H,4,8-10,12-14H2,1-2H3,(H2,26,27,28,29,30,31). The number of hydrogen-bond acceptors (Lipinski definition) is 10. The molecule has 1 atom stereocenters. The minimum Gasteiger partial charge on any atom is -0.381 e. The highest BCUT2D eigenvalue weighted by atomic mass is 32.2. The van der Waals surface area contributed by atoms with E-state index in [9.17, 15) is 8.42 Å². The van der Waals surface area contributed by atoms with Gasteiger partial charge in [-0.05, 0) is 62.9 Å². The lowest BCUT2D eigenvalue weighted by Crippen LogP contribution is -2.48. The van der Waals surface area contributed by atoms with Crippen LogP contribution in [-0.2, 0) is 14.6 Å². The first-order valence-electron chi connectivity index (χ1n) is 12.2. The van der Waals surface area contributed by atoms with Gasteiger partial charge in [0.25, 0.3) is 0 Å². The highest BCUT2D eigenvalue weighted by molar-refractivity contribution is 7.90. The average Bonchev–Trinajstić information content (AvgIpc) is 3.27. The van der Waals surface area contributed by atoms with Crippen LogP contribution in [0.25, 0.3) is 0 Å². The summed E-state index contributed by atoms with van der Waals surface area (Å²) in [5.41, 5.74) is 1.44. The van der Waals surface area contributed by atoms with Gasteiger partial charge in [0.15, 0.2) is 9.84 Å². The van der Waals surface area contributed by atoms with Crippen molar-refractivity contribution in [2.45, 2.75) is 49.1 Å². The number of pyridine rings is 2. The number of aromatic nitrogens is 4. The summed E-state index contributed by atoms with van der Waals surface area (Å²) < 4.78 is 29.7. The van der Waals surface area contributed by atoms with E-state index >= 15 is 0 Å². The van der Waals surface area contributed by atoms with Gasteiger partial charge in [0.2, 0.25) is 0 Å². The molecule has 0 bridgehead atoms. The number of nitrogens with one attached hydrogen (secondary N) is 2. The van der Waals surface area contributed by atoms with E-state index in [0.29, 0.717) is 17.5 Å². The Labute approximate surface area is 211 Å². The number of hydrogen-bond donors (Lipinski definition) is 2. The summed E-state index contributed by atoms with van der Waals surface area (Å²) in [6.07, 6.45) is 10.6. The molecule has 190 valence electrons. The van der Waals surface area contributed by atoms with Crippen molar-refractivity contribution < 1.29 is 13.2 Å². The maximum absolute atomic E-state index is 12.1. The molecule has 2 N–H and O–H groups in total. The van der Waals surface area contributed by atoms with Crippen molar-refractivity contribution in [3.63, 3.8) is 0 Å². The van der Waals surface area contributed by atoms with E-state index in [4.69, 9.17) is 4.74 Å². The molecule has 1 spiro atoms. The van der Waals surface area contributed by atoms with E-state index in [2.05, 4.69) is 48.5 Å². The van der Waals surface area contributed by atoms with Crippen molar-refractivity contribution in [3.05, 3.63) is 54.6 Å². The van der Waals surface area contributed by atoms with Gasteiger partial charge in [-0.3, -0.25) is 4.90 Å². The summed E-state index contributed by atoms with van der Waals surface area (Å²) >= 11 is 0. The summed E-state index contributed by atoms with van der Waals surface area (Å²) in [7, 11) is -3.44. The predicted octanol–water partition coefficient (Wildman–Crippen LogP) is 3.86. The van der Waals surface area contributed by atoms with Crippen LogP contribution in [0.3, 0.4) is 0 Å². The topological polar surface area (TPSA) is 122 Å². The van der Waals surface area contributed by atoms with Crippen LogP contribution in [0.4, 0.5) is 23.3 Å². The van der Waals surface area contributed by atoms with Crippen molar-refractivity contribution in [1.29, 1.82) is 0 Å². The smallest absolute Gasteiger partial charge is 0.179 e. The van der Waals surface area contributed by atoms with Crippen LogP contribution in [0.15, 0.2) is 53.9 Å². The quantitative estimate of drug-likeness (QED) is 0.485. The summed E-state index contributed by atoms with van der Waals surface area (Å²) in [4.78, 5) is 20.0. The van der Waals surface area contributed by atoms with Crippen LogP contribution in [0.2, 0.25) is 0 Å². The Balaban J connectivity index is 1.28. The Kier molecular flexibility index (Phi) is 6.87. The number of anilines is 4. The molecule has 0 saturated carbocycles.